The van der Waals surface area contributed by atoms with Gasteiger partial charge in [-0.15, -0.1) is 0 Å². The van der Waals surface area contributed by atoms with Gasteiger partial charge in [-0.1, -0.05) is 60.7 Å². The van der Waals surface area contributed by atoms with E-state index in [0.717, 1.165) is 56.0 Å². The third-order valence-corrected chi connectivity index (χ3v) is 6.52. The van der Waals surface area contributed by atoms with Crippen molar-refractivity contribution in [3.63, 3.8) is 0 Å². The number of rotatable bonds is 4. The first-order chi connectivity index (χ1) is 14.8. The van der Waals surface area contributed by atoms with Crippen molar-refractivity contribution in [3.05, 3.63) is 89.6 Å². The van der Waals surface area contributed by atoms with Gasteiger partial charge >= 0.3 is 0 Å². The van der Waals surface area contributed by atoms with Crippen molar-refractivity contribution in [1.29, 1.82) is 0 Å². The van der Waals surface area contributed by atoms with Crippen molar-refractivity contribution in [2.24, 2.45) is 0 Å². The average Bonchev–Trinajstić information content (AvgIpc) is 2.80. The number of hydrogen-bond donors (Lipinski definition) is 1. The molecule has 1 saturated heterocycles. The van der Waals surface area contributed by atoms with Crippen molar-refractivity contribution < 1.29 is 5.11 Å². The van der Waals surface area contributed by atoms with Crippen LogP contribution in [0, 0.1) is 0 Å². The summed E-state index contributed by atoms with van der Waals surface area (Å²) in [6.45, 7) is 4.49. The van der Waals surface area contributed by atoms with E-state index in [1.807, 2.05) is 18.2 Å². The Kier molecular flexibility index (Phi) is 5.63. The lowest BCUT2D eigenvalue weighted by atomic mass is 9.94. The highest BCUT2D eigenvalue weighted by Gasteiger charge is 2.33. The predicted octanol–water partition coefficient (Wildman–Crippen LogP) is 3.74. The number of aromatic nitrogens is 1. The molecule has 0 aliphatic carbocycles. The standard InChI is InChI=1S/C26H29N3O/c30-26-19-28(18-23-11-6-12-24(27-23)21-8-2-1-3-9-21)15-14-25(26)29-16-13-20-7-4-5-10-22(20)17-29/h1-12,25-26,30H,13-19H2/t25?,26-/m0/s1. The van der Waals surface area contributed by atoms with Crippen molar-refractivity contribution in [2.75, 3.05) is 19.6 Å². The van der Waals surface area contributed by atoms with Crippen LogP contribution in [0.5, 0.6) is 0 Å². The van der Waals surface area contributed by atoms with E-state index in [9.17, 15) is 5.11 Å². The zero-order chi connectivity index (χ0) is 20.3. The molecule has 3 heterocycles. The molecule has 0 spiro atoms. The van der Waals surface area contributed by atoms with Gasteiger partial charge in [-0.25, -0.2) is 0 Å². The molecule has 0 amide bonds. The zero-order valence-electron chi connectivity index (χ0n) is 17.3. The lowest BCUT2D eigenvalue weighted by molar-refractivity contribution is -0.0207. The number of nitrogens with zero attached hydrogens (tertiary/aromatic N) is 3. The minimum Gasteiger partial charge on any atom is -0.390 e. The van der Waals surface area contributed by atoms with Gasteiger partial charge in [-0.05, 0) is 36.1 Å². The molecule has 4 nitrogen and oxygen atoms in total. The van der Waals surface area contributed by atoms with Gasteiger partial charge in [0, 0.05) is 44.3 Å². The Labute approximate surface area is 178 Å². The number of pyridine rings is 1. The second-order valence-electron chi connectivity index (χ2n) is 8.53. The van der Waals surface area contributed by atoms with Crippen LogP contribution < -0.4 is 0 Å². The van der Waals surface area contributed by atoms with Gasteiger partial charge < -0.3 is 5.11 Å². The number of aliphatic hydroxyl groups is 1. The maximum Gasteiger partial charge on any atom is 0.0822 e. The van der Waals surface area contributed by atoms with Crippen LogP contribution in [0.1, 0.15) is 23.2 Å². The van der Waals surface area contributed by atoms with Gasteiger partial charge in [0.15, 0.2) is 0 Å². The number of likely N-dealkylation sites (tertiary alicyclic amines) is 1. The van der Waals surface area contributed by atoms with Crippen LogP contribution in [0.15, 0.2) is 72.8 Å². The molecule has 1 unspecified atom stereocenters. The highest BCUT2D eigenvalue weighted by molar-refractivity contribution is 5.58. The van der Waals surface area contributed by atoms with Crippen molar-refractivity contribution >= 4 is 0 Å². The Morgan fingerprint density at radius 3 is 2.50 bits per heavy atom. The first kappa shape index (κ1) is 19.4. The third kappa shape index (κ3) is 4.17. The van der Waals surface area contributed by atoms with Gasteiger partial charge in [0.25, 0.3) is 0 Å². The maximum atomic E-state index is 10.9. The summed E-state index contributed by atoms with van der Waals surface area (Å²) in [5, 5.41) is 10.9. The molecule has 154 valence electrons. The van der Waals surface area contributed by atoms with Gasteiger partial charge in [0.05, 0.1) is 17.5 Å². The van der Waals surface area contributed by atoms with Gasteiger partial charge in [-0.2, -0.15) is 0 Å². The largest absolute Gasteiger partial charge is 0.390 e. The molecule has 2 atom stereocenters. The number of benzene rings is 2. The smallest absolute Gasteiger partial charge is 0.0822 e. The molecule has 2 aliphatic rings. The topological polar surface area (TPSA) is 39.6 Å². The Balaban J connectivity index is 1.22. The lowest BCUT2D eigenvalue weighted by Crippen LogP contribution is -2.54. The predicted molar refractivity (Wildman–Crippen MR) is 120 cm³/mol. The summed E-state index contributed by atoms with van der Waals surface area (Å²) in [6.07, 6.45) is 1.77. The van der Waals surface area contributed by atoms with E-state index in [1.165, 1.54) is 11.1 Å². The molecule has 2 aliphatic heterocycles. The second kappa shape index (κ2) is 8.68. The van der Waals surface area contributed by atoms with Crippen LogP contribution in [-0.2, 0) is 19.5 Å². The number of β-amino-alcohol motifs (C(OH)–C–C–N with tert-alkyl or cyclic N) is 1. The van der Waals surface area contributed by atoms with E-state index >= 15 is 0 Å². The van der Waals surface area contributed by atoms with Gasteiger partial charge in [-0.3, -0.25) is 14.8 Å². The fourth-order valence-corrected chi connectivity index (χ4v) is 4.92. The second-order valence-corrected chi connectivity index (χ2v) is 8.53. The molecule has 4 heteroatoms. The number of hydrogen-bond acceptors (Lipinski definition) is 4. The summed E-state index contributed by atoms with van der Waals surface area (Å²) in [6, 6.07) is 25.5. The maximum absolute atomic E-state index is 10.9. The molecule has 0 bridgehead atoms. The molecule has 1 aromatic heterocycles. The first-order valence-electron chi connectivity index (χ1n) is 11.0. The third-order valence-electron chi connectivity index (χ3n) is 6.52. The van der Waals surface area contributed by atoms with Gasteiger partial charge in [0.2, 0.25) is 0 Å². The van der Waals surface area contributed by atoms with Crippen molar-refractivity contribution in [2.45, 2.75) is 38.1 Å². The number of aliphatic hydroxyl groups excluding tert-OH is 1. The Bertz CT molecular complexity index is 990. The summed E-state index contributed by atoms with van der Waals surface area (Å²) >= 11 is 0. The Morgan fingerprint density at radius 2 is 1.67 bits per heavy atom. The zero-order valence-corrected chi connectivity index (χ0v) is 17.3. The highest BCUT2D eigenvalue weighted by atomic mass is 16.3. The molecule has 3 aromatic rings. The quantitative estimate of drug-likeness (QED) is 0.725. The molecular weight excluding hydrogens is 370 g/mol. The summed E-state index contributed by atoms with van der Waals surface area (Å²) in [7, 11) is 0. The molecule has 0 radical (unpaired) electrons. The fourth-order valence-electron chi connectivity index (χ4n) is 4.92. The molecule has 30 heavy (non-hydrogen) atoms. The average molecular weight is 400 g/mol. The van der Waals surface area contributed by atoms with Crippen LogP contribution in [0.2, 0.25) is 0 Å². The first-order valence-corrected chi connectivity index (χ1v) is 11.0. The van der Waals surface area contributed by atoms with Crippen molar-refractivity contribution in [3.8, 4) is 11.3 Å². The van der Waals surface area contributed by atoms with E-state index < -0.39 is 0 Å². The highest BCUT2D eigenvalue weighted by Crippen LogP contribution is 2.26. The van der Waals surface area contributed by atoms with Crippen LogP contribution in [-0.4, -0.2) is 51.7 Å². The number of piperidine rings is 1. The van der Waals surface area contributed by atoms with E-state index in [4.69, 9.17) is 4.98 Å². The SMILES string of the molecule is O[C@H]1CN(Cc2cccc(-c3ccccc3)n2)CCC1N1CCc2ccccc2C1. The van der Waals surface area contributed by atoms with Crippen LogP contribution in [0.3, 0.4) is 0 Å². The Morgan fingerprint density at radius 1 is 0.867 bits per heavy atom. The van der Waals surface area contributed by atoms with Crippen molar-refractivity contribution in [1.82, 2.24) is 14.8 Å². The van der Waals surface area contributed by atoms with Crippen LogP contribution in [0.4, 0.5) is 0 Å². The molecule has 0 saturated carbocycles. The number of fused-ring (bicyclic) bond motifs is 1. The van der Waals surface area contributed by atoms with E-state index in [0.29, 0.717) is 6.54 Å². The lowest BCUT2D eigenvalue weighted by Gasteiger charge is -2.43. The minimum atomic E-state index is -0.318. The molecule has 1 fully saturated rings. The fraction of sp³-hybridized carbons (Fsp3) is 0.346. The van der Waals surface area contributed by atoms with E-state index in [-0.39, 0.29) is 12.1 Å². The van der Waals surface area contributed by atoms with Gasteiger partial charge in [0.1, 0.15) is 0 Å². The summed E-state index contributed by atoms with van der Waals surface area (Å²) < 4.78 is 0. The monoisotopic (exact) mass is 399 g/mol. The van der Waals surface area contributed by atoms with E-state index in [1.54, 1.807) is 0 Å². The summed E-state index contributed by atoms with van der Waals surface area (Å²) in [4.78, 5) is 9.69. The van der Waals surface area contributed by atoms with Crippen LogP contribution in [0.25, 0.3) is 11.3 Å². The van der Waals surface area contributed by atoms with E-state index in [2.05, 4.69) is 64.4 Å². The summed E-state index contributed by atoms with van der Waals surface area (Å²) in [5.74, 6) is 0. The Hall–Kier alpha value is -2.53. The molecule has 2 aromatic carbocycles. The molecular formula is C26H29N3O. The molecule has 5 rings (SSSR count). The van der Waals surface area contributed by atoms with Crippen LogP contribution >= 0.6 is 0 Å². The normalized spacial score (nSPS) is 22.6. The molecule has 1 N–H and O–H groups in total. The summed E-state index contributed by atoms with van der Waals surface area (Å²) in [5.41, 5.74) is 6.10. The minimum absolute atomic E-state index is 0.248.